The van der Waals surface area contributed by atoms with Gasteiger partial charge in [0.1, 0.15) is 12.4 Å². The standard InChI is InChI=1S/C13H17NO2/c1-3-6-14-7-8-16-13-9-11(10(2)15)4-5-12(13)14/h4-5,9H,3,6-8H2,1-2H3. The van der Waals surface area contributed by atoms with Crippen LogP contribution in [-0.2, 0) is 0 Å². The number of rotatable bonds is 3. The van der Waals surface area contributed by atoms with Crippen molar-refractivity contribution in [3.8, 4) is 5.75 Å². The number of Topliss-reactive ketones (excluding diaryl/α,β-unsaturated/α-hetero) is 1. The number of hydrogen-bond acceptors (Lipinski definition) is 3. The molecule has 0 amide bonds. The van der Waals surface area contributed by atoms with Crippen LogP contribution in [0.2, 0.25) is 0 Å². The molecule has 0 unspecified atom stereocenters. The van der Waals surface area contributed by atoms with E-state index < -0.39 is 0 Å². The summed E-state index contributed by atoms with van der Waals surface area (Å²) < 4.78 is 5.60. The topological polar surface area (TPSA) is 29.5 Å². The van der Waals surface area contributed by atoms with Gasteiger partial charge in [-0.3, -0.25) is 4.79 Å². The van der Waals surface area contributed by atoms with Gasteiger partial charge in [-0.2, -0.15) is 0 Å². The third-order valence-corrected chi connectivity index (χ3v) is 2.82. The molecule has 1 aromatic rings. The lowest BCUT2D eigenvalue weighted by Gasteiger charge is -2.31. The molecule has 0 aliphatic carbocycles. The molecule has 0 N–H and O–H groups in total. The summed E-state index contributed by atoms with van der Waals surface area (Å²) in [5.41, 5.74) is 1.83. The van der Waals surface area contributed by atoms with E-state index in [1.165, 1.54) is 0 Å². The van der Waals surface area contributed by atoms with Crippen LogP contribution in [0.1, 0.15) is 30.6 Å². The third-order valence-electron chi connectivity index (χ3n) is 2.82. The molecular formula is C13H17NO2. The first-order valence-corrected chi connectivity index (χ1v) is 5.75. The molecule has 0 atom stereocenters. The maximum Gasteiger partial charge on any atom is 0.159 e. The summed E-state index contributed by atoms with van der Waals surface area (Å²) in [5.74, 6) is 0.923. The van der Waals surface area contributed by atoms with E-state index in [1.807, 2.05) is 18.2 Å². The minimum Gasteiger partial charge on any atom is -0.490 e. The quantitative estimate of drug-likeness (QED) is 0.731. The van der Waals surface area contributed by atoms with Gasteiger partial charge >= 0.3 is 0 Å². The van der Waals surface area contributed by atoms with Crippen LogP contribution >= 0.6 is 0 Å². The Morgan fingerprint density at radius 1 is 1.50 bits per heavy atom. The fourth-order valence-corrected chi connectivity index (χ4v) is 2.00. The van der Waals surface area contributed by atoms with Crippen LogP contribution in [0.3, 0.4) is 0 Å². The van der Waals surface area contributed by atoms with Crippen LogP contribution in [0, 0.1) is 0 Å². The summed E-state index contributed by atoms with van der Waals surface area (Å²) in [7, 11) is 0. The molecule has 0 bridgehead atoms. The number of carbonyl (C=O) groups is 1. The fourth-order valence-electron chi connectivity index (χ4n) is 2.00. The molecule has 3 heteroatoms. The maximum absolute atomic E-state index is 11.3. The van der Waals surface area contributed by atoms with E-state index in [0.29, 0.717) is 6.61 Å². The van der Waals surface area contributed by atoms with Crippen LogP contribution in [0.15, 0.2) is 18.2 Å². The molecule has 86 valence electrons. The Morgan fingerprint density at radius 3 is 3.00 bits per heavy atom. The number of carbonyl (C=O) groups excluding carboxylic acids is 1. The summed E-state index contributed by atoms with van der Waals surface area (Å²) in [6, 6.07) is 5.71. The Morgan fingerprint density at radius 2 is 2.31 bits per heavy atom. The van der Waals surface area contributed by atoms with Crippen molar-refractivity contribution < 1.29 is 9.53 Å². The predicted molar refractivity (Wildman–Crippen MR) is 64.4 cm³/mol. The normalized spacial score (nSPS) is 14.2. The molecule has 0 radical (unpaired) electrons. The second-order valence-electron chi connectivity index (χ2n) is 4.07. The summed E-state index contributed by atoms with van der Waals surface area (Å²) in [6.07, 6.45) is 1.12. The zero-order valence-corrected chi connectivity index (χ0v) is 9.82. The highest BCUT2D eigenvalue weighted by molar-refractivity contribution is 5.95. The lowest BCUT2D eigenvalue weighted by atomic mass is 10.1. The lowest BCUT2D eigenvalue weighted by molar-refractivity contribution is 0.101. The molecule has 2 rings (SSSR count). The van der Waals surface area contributed by atoms with E-state index in [1.54, 1.807) is 6.92 Å². The van der Waals surface area contributed by atoms with Gasteiger partial charge in [-0.1, -0.05) is 6.92 Å². The first-order valence-electron chi connectivity index (χ1n) is 5.75. The summed E-state index contributed by atoms with van der Waals surface area (Å²) in [6.45, 7) is 6.41. The average Bonchev–Trinajstić information content (AvgIpc) is 2.29. The van der Waals surface area contributed by atoms with Crippen molar-refractivity contribution in [1.29, 1.82) is 0 Å². The Labute approximate surface area is 96.0 Å². The molecule has 16 heavy (non-hydrogen) atoms. The SMILES string of the molecule is CCCN1CCOc2cc(C(C)=O)ccc21. The van der Waals surface area contributed by atoms with Gasteiger partial charge in [-0.25, -0.2) is 0 Å². The Hall–Kier alpha value is -1.51. The molecule has 0 fully saturated rings. The number of ketones is 1. The van der Waals surface area contributed by atoms with Gasteiger partial charge in [-0.05, 0) is 31.5 Å². The first-order chi connectivity index (χ1) is 7.72. The van der Waals surface area contributed by atoms with Crippen molar-refractivity contribution in [2.45, 2.75) is 20.3 Å². The molecule has 0 aromatic heterocycles. The minimum absolute atomic E-state index is 0.0824. The number of fused-ring (bicyclic) bond motifs is 1. The molecule has 1 aliphatic heterocycles. The third kappa shape index (κ3) is 2.03. The monoisotopic (exact) mass is 219 g/mol. The fraction of sp³-hybridized carbons (Fsp3) is 0.462. The number of ether oxygens (including phenoxy) is 1. The summed E-state index contributed by atoms with van der Waals surface area (Å²) in [4.78, 5) is 13.6. The second-order valence-corrected chi connectivity index (χ2v) is 4.07. The highest BCUT2D eigenvalue weighted by Crippen LogP contribution is 2.32. The van der Waals surface area contributed by atoms with Crippen molar-refractivity contribution in [2.75, 3.05) is 24.6 Å². The number of hydrogen-bond donors (Lipinski definition) is 0. The lowest BCUT2D eigenvalue weighted by Crippen LogP contribution is -2.33. The van der Waals surface area contributed by atoms with Gasteiger partial charge in [0.05, 0.1) is 12.2 Å². The highest BCUT2D eigenvalue weighted by atomic mass is 16.5. The van der Waals surface area contributed by atoms with Crippen LogP contribution in [0.4, 0.5) is 5.69 Å². The summed E-state index contributed by atoms with van der Waals surface area (Å²) >= 11 is 0. The minimum atomic E-state index is 0.0824. The molecule has 0 spiro atoms. The second kappa shape index (κ2) is 4.56. The molecular weight excluding hydrogens is 202 g/mol. The Balaban J connectivity index is 2.32. The van der Waals surface area contributed by atoms with E-state index in [9.17, 15) is 4.79 Å². The molecule has 1 aromatic carbocycles. The van der Waals surface area contributed by atoms with Gasteiger partial charge < -0.3 is 9.64 Å². The van der Waals surface area contributed by atoms with Crippen molar-refractivity contribution >= 4 is 11.5 Å². The number of benzene rings is 1. The molecule has 1 heterocycles. The van der Waals surface area contributed by atoms with Crippen LogP contribution < -0.4 is 9.64 Å². The molecule has 0 saturated heterocycles. The Bertz CT molecular complexity index is 401. The van der Waals surface area contributed by atoms with Gasteiger partial charge in [0, 0.05) is 12.1 Å². The summed E-state index contributed by atoms with van der Waals surface area (Å²) in [5, 5.41) is 0. The van der Waals surface area contributed by atoms with Crippen molar-refractivity contribution in [3.05, 3.63) is 23.8 Å². The average molecular weight is 219 g/mol. The smallest absolute Gasteiger partial charge is 0.159 e. The van der Waals surface area contributed by atoms with E-state index in [4.69, 9.17) is 4.74 Å². The first kappa shape index (κ1) is 11.0. The maximum atomic E-state index is 11.3. The van der Waals surface area contributed by atoms with Crippen LogP contribution in [0.5, 0.6) is 5.75 Å². The van der Waals surface area contributed by atoms with E-state index >= 15 is 0 Å². The largest absolute Gasteiger partial charge is 0.490 e. The van der Waals surface area contributed by atoms with Gasteiger partial charge in [-0.15, -0.1) is 0 Å². The van der Waals surface area contributed by atoms with Gasteiger partial charge in [0.2, 0.25) is 0 Å². The predicted octanol–water partition coefficient (Wildman–Crippen LogP) is 2.50. The van der Waals surface area contributed by atoms with Crippen molar-refractivity contribution in [1.82, 2.24) is 0 Å². The number of anilines is 1. The van der Waals surface area contributed by atoms with E-state index in [0.717, 1.165) is 36.5 Å². The van der Waals surface area contributed by atoms with Crippen molar-refractivity contribution in [3.63, 3.8) is 0 Å². The van der Waals surface area contributed by atoms with E-state index in [2.05, 4.69) is 11.8 Å². The van der Waals surface area contributed by atoms with Gasteiger partial charge in [0.15, 0.2) is 5.78 Å². The van der Waals surface area contributed by atoms with Crippen LogP contribution in [0.25, 0.3) is 0 Å². The van der Waals surface area contributed by atoms with Crippen molar-refractivity contribution in [2.24, 2.45) is 0 Å². The molecule has 1 aliphatic rings. The zero-order chi connectivity index (χ0) is 11.5. The zero-order valence-electron chi connectivity index (χ0n) is 9.82. The molecule has 3 nitrogen and oxygen atoms in total. The Kier molecular flexibility index (Phi) is 3.13. The van der Waals surface area contributed by atoms with Gasteiger partial charge in [0.25, 0.3) is 0 Å². The molecule has 0 saturated carbocycles. The highest BCUT2D eigenvalue weighted by Gasteiger charge is 2.18. The van der Waals surface area contributed by atoms with Crippen LogP contribution in [-0.4, -0.2) is 25.5 Å². The number of nitrogens with zero attached hydrogens (tertiary/aromatic N) is 1. The van der Waals surface area contributed by atoms with E-state index in [-0.39, 0.29) is 5.78 Å².